The first-order valence-electron chi connectivity index (χ1n) is 6.24. The average molecular weight is 248 g/mol. The van der Waals surface area contributed by atoms with Crippen molar-refractivity contribution in [3.63, 3.8) is 0 Å². The molecule has 1 heterocycles. The third-order valence-electron chi connectivity index (χ3n) is 3.15. The summed E-state index contributed by atoms with van der Waals surface area (Å²) in [6.07, 6.45) is 2.48. The van der Waals surface area contributed by atoms with E-state index in [-0.39, 0.29) is 17.3 Å². The van der Waals surface area contributed by atoms with Gasteiger partial charge in [0, 0.05) is 25.7 Å². The van der Waals surface area contributed by atoms with Gasteiger partial charge in [0.15, 0.2) is 0 Å². The maximum Gasteiger partial charge on any atom is 0.128 e. The number of nitrogens with one attached hydrogen (secondary N) is 1. The van der Waals surface area contributed by atoms with Crippen molar-refractivity contribution in [3.8, 4) is 0 Å². The van der Waals surface area contributed by atoms with Crippen LogP contribution in [0, 0.1) is 5.41 Å². The summed E-state index contributed by atoms with van der Waals surface area (Å²) in [5, 5.41) is 7.33. The molecule has 0 saturated heterocycles. The van der Waals surface area contributed by atoms with Crippen LogP contribution in [0.25, 0.3) is 0 Å². The van der Waals surface area contributed by atoms with Crippen molar-refractivity contribution in [1.82, 2.24) is 4.98 Å². The molecule has 0 radical (unpaired) electrons. The molecule has 4 nitrogen and oxygen atoms in total. The molecule has 1 aromatic heterocycles. The van der Waals surface area contributed by atoms with Crippen LogP contribution < -0.4 is 10.6 Å². The fourth-order valence-corrected chi connectivity index (χ4v) is 1.72. The fourth-order valence-electron chi connectivity index (χ4n) is 1.72. The Bertz CT molecular complexity index is 403. The predicted molar refractivity (Wildman–Crippen MR) is 77.3 cm³/mol. The molecule has 1 unspecified atom stereocenters. The molecule has 1 aromatic rings. The number of aromatic nitrogens is 1. The molecule has 0 aliphatic rings. The molecule has 0 spiro atoms. The fraction of sp³-hybridized carbons (Fsp3) is 0.571. The van der Waals surface area contributed by atoms with Crippen LogP contribution >= 0.6 is 0 Å². The van der Waals surface area contributed by atoms with Gasteiger partial charge in [-0.25, -0.2) is 4.98 Å². The van der Waals surface area contributed by atoms with Crippen LogP contribution in [0.2, 0.25) is 0 Å². The summed E-state index contributed by atoms with van der Waals surface area (Å²) in [6, 6.07) is 4.31. The average Bonchev–Trinajstić information content (AvgIpc) is 2.26. The standard InChI is InChI=1S/C14H24N4/c1-10(8-12(15)16)18(5)13-7-6-11(9-17-13)14(2,3)4/h6-7,9-10H,8H2,1-5H3,(H3,15,16). The Morgan fingerprint density at radius 2 is 2.06 bits per heavy atom. The second-order valence-electron chi connectivity index (χ2n) is 5.84. The van der Waals surface area contributed by atoms with Gasteiger partial charge in [0.05, 0.1) is 5.84 Å². The predicted octanol–water partition coefficient (Wildman–Crippen LogP) is 2.53. The Balaban J connectivity index is 2.82. The van der Waals surface area contributed by atoms with E-state index in [0.717, 1.165) is 5.82 Å². The van der Waals surface area contributed by atoms with Gasteiger partial charge in [0.2, 0.25) is 0 Å². The van der Waals surface area contributed by atoms with E-state index in [9.17, 15) is 0 Å². The van der Waals surface area contributed by atoms with Gasteiger partial charge in [-0.3, -0.25) is 5.41 Å². The summed E-state index contributed by atoms with van der Waals surface area (Å²) < 4.78 is 0. The zero-order valence-electron chi connectivity index (χ0n) is 12.0. The quantitative estimate of drug-likeness (QED) is 0.635. The molecule has 1 atom stereocenters. The number of anilines is 1. The highest BCUT2D eigenvalue weighted by Crippen LogP contribution is 2.23. The first-order valence-corrected chi connectivity index (χ1v) is 6.24. The Hall–Kier alpha value is -1.58. The number of nitrogens with zero attached hydrogens (tertiary/aromatic N) is 2. The van der Waals surface area contributed by atoms with Crippen LogP contribution in [0.4, 0.5) is 5.82 Å². The Morgan fingerprint density at radius 1 is 1.44 bits per heavy atom. The van der Waals surface area contributed by atoms with Gasteiger partial charge in [-0.1, -0.05) is 26.8 Å². The molecular formula is C14H24N4. The van der Waals surface area contributed by atoms with Crippen molar-refractivity contribution in [1.29, 1.82) is 5.41 Å². The van der Waals surface area contributed by atoms with Crippen LogP contribution in [-0.4, -0.2) is 23.9 Å². The molecule has 0 aliphatic carbocycles. The second-order valence-corrected chi connectivity index (χ2v) is 5.84. The molecule has 1 rings (SSSR count). The van der Waals surface area contributed by atoms with Crippen molar-refractivity contribution in [3.05, 3.63) is 23.9 Å². The third-order valence-corrected chi connectivity index (χ3v) is 3.15. The highest BCUT2D eigenvalue weighted by atomic mass is 15.2. The highest BCUT2D eigenvalue weighted by molar-refractivity contribution is 5.77. The molecule has 3 N–H and O–H groups in total. The first kappa shape index (κ1) is 14.5. The van der Waals surface area contributed by atoms with Gasteiger partial charge < -0.3 is 10.6 Å². The maximum absolute atomic E-state index is 7.33. The molecule has 0 amide bonds. The maximum atomic E-state index is 7.33. The Labute approximate surface area is 110 Å². The lowest BCUT2D eigenvalue weighted by Crippen LogP contribution is -2.33. The number of rotatable bonds is 4. The van der Waals surface area contributed by atoms with Crippen molar-refractivity contribution in [2.75, 3.05) is 11.9 Å². The number of pyridine rings is 1. The van der Waals surface area contributed by atoms with Crippen LogP contribution in [-0.2, 0) is 5.41 Å². The number of hydrogen-bond donors (Lipinski definition) is 2. The van der Waals surface area contributed by atoms with E-state index in [0.29, 0.717) is 6.42 Å². The van der Waals surface area contributed by atoms with E-state index in [2.05, 4.69) is 31.8 Å². The smallest absolute Gasteiger partial charge is 0.128 e. The van der Waals surface area contributed by atoms with Crippen LogP contribution in [0.3, 0.4) is 0 Å². The SMILES string of the molecule is CC(CC(=N)N)N(C)c1ccc(C(C)(C)C)cn1. The van der Waals surface area contributed by atoms with Crippen LogP contribution in [0.5, 0.6) is 0 Å². The largest absolute Gasteiger partial charge is 0.388 e. The van der Waals surface area contributed by atoms with Crippen LogP contribution in [0.15, 0.2) is 18.3 Å². The minimum Gasteiger partial charge on any atom is -0.388 e. The van der Waals surface area contributed by atoms with E-state index >= 15 is 0 Å². The van der Waals surface area contributed by atoms with E-state index in [1.165, 1.54) is 5.56 Å². The minimum atomic E-state index is 0.120. The monoisotopic (exact) mass is 248 g/mol. The lowest BCUT2D eigenvalue weighted by Gasteiger charge is -2.26. The van der Waals surface area contributed by atoms with Crippen molar-refractivity contribution >= 4 is 11.7 Å². The molecule has 0 bridgehead atoms. The first-order chi connectivity index (χ1) is 8.21. The van der Waals surface area contributed by atoms with E-state index in [4.69, 9.17) is 11.1 Å². The molecule has 100 valence electrons. The van der Waals surface area contributed by atoms with E-state index < -0.39 is 0 Å². The zero-order chi connectivity index (χ0) is 13.9. The lowest BCUT2D eigenvalue weighted by atomic mass is 9.88. The van der Waals surface area contributed by atoms with Gasteiger partial charge in [0.25, 0.3) is 0 Å². The lowest BCUT2D eigenvalue weighted by molar-refractivity contribution is 0.586. The van der Waals surface area contributed by atoms with Gasteiger partial charge >= 0.3 is 0 Å². The molecule has 4 heteroatoms. The summed E-state index contributed by atoms with van der Waals surface area (Å²) in [5.41, 5.74) is 6.77. The normalized spacial score (nSPS) is 13.2. The molecule has 0 aliphatic heterocycles. The number of nitrogens with two attached hydrogens (primary N) is 1. The summed E-state index contributed by atoms with van der Waals surface area (Å²) in [6.45, 7) is 8.56. The van der Waals surface area contributed by atoms with Crippen molar-refractivity contribution in [2.45, 2.75) is 45.6 Å². The Kier molecular flexibility index (Phi) is 4.33. The molecule has 18 heavy (non-hydrogen) atoms. The second kappa shape index (κ2) is 5.38. The van der Waals surface area contributed by atoms with Gasteiger partial charge in [-0.05, 0) is 24.0 Å². The minimum absolute atomic E-state index is 0.120. The summed E-state index contributed by atoms with van der Waals surface area (Å²) in [5.74, 6) is 1.12. The van der Waals surface area contributed by atoms with E-state index in [1.54, 1.807) is 0 Å². The summed E-state index contributed by atoms with van der Waals surface area (Å²) in [7, 11) is 1.98. The van der Waals surface area contributed by atoms with Gasteiger partial charge in [-0.15, -0.1) is 0 Å². The molecule has 0 saturated carbocycles. The van der Waals surface area contributed by atoms with Crippen LogP contribution in [0.1, 0.15) is 39.7 Å². The molecular weight excluding hydrogens is 224 g/mol. The number of amidine groups is 1. The summed E-state index contributed by atoms with van der Waals surface area (Å²) in [4.78, 5) is 6.54. The zero-order valence-corrected chi connectivity index (χ0v) is 12.0. The topological polar surface area (TPSA) is 66.0 Å². The summed E-state index contributed by atoms with van der Waals surface area (Å²) >= 11 is 0. The third kappa shape index (κ3) is 3.72. The highest BCUT2D eigenvalue weighted by Gasteiger charge is 2.16. The van der Waals surface area contributed by atoms with Crippen molar-refractivity contribution < 1.29 is 0 Å². The van der Waals surface area contributed by atoms with Crippen molar-refractivity contribution in [2.24, 2.45) is 5.73 Å². The molecule has 0 fully saturated rings. The number of hydrogen-bond acceptors (Lipinski definition) is 3. The van der Waals surface area contributed by atoms with Gasteiger partial charge in [-0.2, -0.15) is 0 Å². The molecule has 0 aromatic carbocycles. The van der Waals surface area contributed by atoms with E-state index in [1.807, 2.05) is 31.1 Å². The van der Waals surface area contributed by atoms with Gasteiger partial charge in [0.1, 0.15) is 5.82 Å². The Morgan fingerprint density at radius 3 is 2.44 bits per heavy atom.